The minimum Gasteiger partial charge on any atom is -0.394 e. The van der Waals surface area contributed by atoms with E-state index in [1.807, 2.05) is 43.5 Å². The Kier molecular flexibility index (Phi) is 5.10. The number of carbonyl (C=O) groups is 1. The Labute approximate surface area is 145 Å². The number of hydrogen-bond donors (Lipinski definition) is 3. The highest BCUT2D eigenvalue weighted by Crippen LogP contribution is 2.18. The topological polar surface area (TPSA) is 97.0 Å². The van der Waals surface area contributed by atoms with E-state index in [4.69, 9.17) is 5.11 Å². The predicted molar refractivity (Wildman–Crippen MR) is 94.4 cm³/mol. The van der Waals surface area contributed by atoms with Gasteiger partial charge in [0.1, 0.15) is 0 Å². The lowest BCUT2D eigenvalue weighted by Crippen LogP contribution is -2.20. The van der Waals surface area contributed by atoms with E-state index in [0.29, 0.717) is 18.1 Å². The van der Waals surface area contributed by atoms with Crippen LogP contribution in [-0.2, 0) is 6.54 Å². The normalized spacial score (nSPS) is 11.9. The van der Waals surface area contributed by atoms with Crippen molar-refractivity contribution in [1.82, 2.24) is 19.6 Å². The SMILES string of the molecule is CC(c1ccccc1)n1ccc(NC(=O)Nc2cnn(CCO)c2)n1. The number of rotatable bonds is 6. The Morgan fingerprint density at radius 2 is 2.04 bits per heavy atom. The molecule has 8 heteroatoms. The van der Waals surface area contributed by atoms with Gasteiger partial charge in [0.2, 0.25) is 0 Å². The Morgan fingerprint density at radius 1 is 1.24 bits per heavy atom. The average molecular weight is 340 g/mol. The van der Waals surface area contributed by atoms with Crippen molar-refractivity contribution >= 4 is 17.5 Å². The summed E-state index contributed by atoms with van der Waals surface area (Å²) >= 11 is 0. The number of nitrogens with zero attached hydrogens (tertiary/aromatic N) is 4. The number of anilines is 2. The van der Waals surface area contributed by atoms with Crippen LogP contribution < -0.4 is 10.6 Å². The van der Waals surface area contributed by atoms with Gasteiger partial charge in [-0.05, 0) is 12.5 Å². The Hall–Kier alpha value is -3.13. The van der Waals surface area contributed by atoms with Gasteiger partial charge in [0.25, 0.3) is 0 Å². The molecule has 1 unspecified atom stereocenters. The van der Waals surface area contributed by atoms with Crippen LogP contribution in [0.2, 0.25) is 0 Å². The van der Waals surface area contributed by atoms with Gasteiger partial charge in [-0.15, -0.1) is 0 Å². The van der Waals surface area contributed by atoms with Gasteiger partial charge in [-0.1, -0.05) is 30.3 Å². The fourth-order valence-electron chi connectivity index (χ4n) is 2.44. The molecule has 0 saturated heterocycles. The van der Waals surface area contributed by atoms with Crippen LogP contribution in [0.25, 0.3) is 0 Å². The zero-order valence-corrected chi connectivity index (χ0v) is 13.8. The molecular weight excluding hydrogens is 320 g/mol. The first kappa shape index (κ1) is 16.7. The fraction of sp³-hybridized carbons (Fsp3) is 0.235. The molecule has 1 aromatic carbocycles. The molecule has 0 fully saturated rings. The third-order valence-electron chi connectivity index (χ3n) is 3.75. The largest absolute Gasteiger partial charge is 0.394 e. The maximum absolute atomic E-state index is 12.0. The maximum atomic E-state index is 12.0. The second-order valence-electron chi connectivity index (χ2n) is 5.56. The van der Waals surface area contributed by atoms with E-state index in [9.17, 15) is 4.79 Å². The zero-order chi connectivity index (χ0) is 17.6. The van der Waals surface area contributed by atoms with Gasteiger partial charge in [-0.2, -0.15) is 10.2 Å². The number of urea groups is 1. The van der Waals surface area contributed by atoms with Crippen molar-refractivity contribution in [2.75, 3.05) is 17.2 Å². The molecule has 0 radical (unpaired) electrons. The maximum Gasteiger partial charge on any atom is 0.324 e. The number of hydrogen-bond acceptors (Lipinski definition) is 4. The van der Waals surface area contributed by atoms with Gasteiger partial charge in [0, 0.05) is 18.5 Å². The molecule has 2 aromatic heterocycles. The van der Waals surface area contributed by atoms with E-state index < -0.39 is 6.03 Å². The molecule has 0 spiro atoms. The first-order valence-electron chi connectivity index (χ1n) is 7.97. The van der Waals surface area contributed by atoms with E-state index in [1.54, 1.807) is 21.6 Å². The lowest BCUT2D eigenvalue weighted by molar-refractivity contribution is 0.262. The van der Waals surface area contributed by atoms with Gasteiger partial charge in [0.15, 0.2) is 5.82 Å². The summed E-state index contributed by atoms with van der Waals surface area (Å²) in [5.41, 5.74) is 1.68. The third kappa shape index (κ3) is 4.24. The lowest BCUT2D eigenvalue weighted by Gasteiger charge is -2.12. The van der Waals surface area contributed by atoms with Crippen LogP contribution in [0.5, 0.6) is 0 Å². The summed E-state index contributed by atoms with van der Waals surface area (Å²) in [5.74, 6) is 0.461. The number of aromatic nitrogens is 4. The molecule has 3 N–H and O–H groups in total. The minimum atomic E-state index is -0.402. The summed E-state index contributed by atoms with van der Waals surface area (Å²) in [6.07, 6.45) is 4.99. The Balaban J connectivity index is 1.59. The van der Waals surface area contributed by atoms with E-state index >= 15 is 0 Å². The van der Waals surface area contributed by atoms with Crippen LogP contribution in [0.4, 0.5) is 16.3 Å². The van der Waals surface area contributed by atoms with Gasteiger partial charge in [0.05, 0.1) is 31.1 Å². The van der Waals surface area contributed by atoms with E-state index in [2.05, 4.69) is 20.8 Å². The fourth-order valence-corrected chi connectivity index (χ4v) is 2.44. The van der Waals surface area contributed by atoms with Crippen molar-refractivity contribution in [3.05, 3.63) is 60.6 Å². The summed E-state index contributed by atoms with van der Waals surface area (Å²) in [5, 5.41) is 22.6. The number of aliphatic hydroxyl groups is 1. The molecule has 25 heavy (non-hydrogen) atoms. The summed E-state index contributed by atoms with van der Waals surface area (Å²) in [4.78, 5) is 12.0. The Bertz CT molecular complexity index is 827. The molecule has 1 atom stereocenters. The molecule has 2 heterocycles. The van der Waals surface area contributed by atoms with Crippen molar-refractivity contribution in [1.29, 1.82) is 0 Å². The van der Waals surface area contributed by atoms with Crippen LogP contribution in [0.3, 0.4) is 0 Å². The molecule has 8 nitrogen and oxygen atoms in total. The van der Waals surface area contributed by atoms with Gasteiger partial charge in [-0.25, -0.2) is 4.79 Å². The second-order valence-corrected chi connectivity index (χ2v) is 5.56. The van der Waals surface area contributed by atoms with Crippen molar-refractivity contribution in [3.8, 4) is 0 Å². The number of carbonyl (C=O) groups excluding carboxylic acids is 1. The monoisotopic (exact) mass is 340 g/mol. The molecule has 0 aliphatic rings. The second kappa shape index (κ2) is 7.63. The molecule has 130 valence electrons. The summed E-state index contributed by atoms with van der Waals surface area (Å²) in [7, 11) is 0. The van der Waals surface area contributed by atoms with Gasteiger partial charge in [-0.3, -0.25) is 14.7 Å². The van der Waals surface area contributed by atoms with E-state index in [1.165, 1.54) is 6.20 Å². The molecule has 2 amide bonds. The standard InChI is InChI=1S/C17H20N6O2/c1-13(14-5-3-2-4-6-14)23-8-7-16(21-23)20-17(25)19-15-11-18-22(12-15)9-10-24/h2-8,11-13,24H,9-10H2,1H3,(H2,19,20,21,25). The number of amides is 2. The average Bonchev–Trinajstić information content (AvgIpc) is 3.25. The molecule has 0 aliphatic heterocycles. The van der Waals surface area contributed by atoms with Gasteiger partial charge < -0.3 is 10.4 Å². The quantitative estimate of drug-likeness (QED) is 0.641. The van der Waals surface area contributed by atoms with Crippen molar-refractivity contribution < 1.29 is 9.90 Å². The van der Waals surface area contributed by atoms with Crippen LogP contribution >= 0.6 is 0 Å². The first-order valence-corrected chi connectivity index (χ1v) is 7.97. The minimum absolute atomic E-state index is 0.00957. The third-order valence-corrected chi connectivity index (χ3v) is 3.75. The van der Waals surface area contributed by atoms with Gasteiger partial charge >= 0.3 is 6.03 Å². The van der Waals surface area contributed by atoms with Crippen molar-refractivity contribution in [2.45, 2.75) is 19.5 Å². The smallest absolute Gasteiger partial charge is 0.324 e. The molecule has 0 bridgehead atoms. The highest BCUT2D eigenvalue weighted by atomic mass is 16.3. The van der Waals surface area contributed by atoms with Crippen molar-refractivity contribution in [3.63, 3.8) is 0 Å². The van der Waals surface area contributed by atoms with Crippen LogP contribution in [0, 0.1) is 0 Å². The molecular formula is C17H20N6O2. The number of aliphatic hydroxyl groups excluding tert-OH is 1. The summed E-state index contributed by atoms with van der Waals surface area (Å²) in [6.45, 7) is 2.41. The Morgan fingerprint density at radius 3 is 2.80 bits per heavy atom. The van der Waals surface area contributed by atoms with Crippen molar-refractivity contribution in [2.24, 2.45) is 0 Å². The summed E-state index contributed by atoms with van der Waals surface area (Å²) in [6, 6.07) is 11.4. The number of nitrogens with one attached hydrogen (secondary N) is 2. The molecule has 0 saturated carbocycles. The molecule has 3 rings (SSSR count). The van der Waals surface area contributed by atoms with Crippen LogP contribution in [0.1, 0.15) is 18.5 Å². The lowest BCUT2D eigenvalue weighted by atomic mass is 10.1. The summed E-state index contributed by atoms with van der Waals surface area (Å²) < 4.78 is 3.34. The van der Waals surface area contributed by atoms with E-state index in [-0.39, 0.29) is 12.6 Å². The van der Waals surface area contributed by atoms with E-state index in [0.717, 1.165) is 5.56 Å². The van der Waals surface area contributed by atoms with Crippen LogP contribution in [-0.4, -0.2) is 37.3 Å². The molecule has 3 aromatic rings. The highest BCUT2D eigenvalue weighted by molar-refractivity contribution is 5.98. The zero-order valence-electron chi connectivity index (χ0n) is 13.8. The molecule has 0 aliphatic carbocycles. The highest BCUT2D eigenvalue weighted by Gasteiger charge is 2.11. The number of benzene rings is 1. The van der Waals surface area contributed by atoms with Crippen LogP contribution in [0.15, 0.2) is 55.0 Å². The first-order chi connectivity index (χ1) is 12.2. The predicted octanol–water partition coefficient (Wildman–Crippen LogP) is 2.33.